The van der Waals surface area contributed by atoms with Crippen molar-refractivity contribution in [3.63, 3.8) is 0 Å². The van der Waals surface area contributed by atoms with Crippen LogP contribution in [0.4, 0.5) is 10.5 Å². The standard InChI is InChI=1S/C30H35ClN2O5/c1-2-37-28(29(34)35)22-24-15-17-25(18-16-24)38-21-20-33(19-9-8-12-23-10-4-3-5-11-23)30(36)32-27-14-7-6-13-26(27)31/h3-7,10-11,13-18,28H,2,8-9,12,19-22H2,1H3,(H,32,36)(H,34,35). The maximum atomic E-state index is 13.1. The lowest BCUT2D eigenvalue weighted by atomic mass is 10.1. The second-order valence-electron chi connectivity index (χ2n) is 8.82. The van der Waals surface area contributed by atoms with Gasteiger partial charge >= 0.3 is 12.0 Å². The molecule has 8 heteroatoms. The van der Waals surface area contributed by atoms with E-state index >= 15 is 0 Å². The molecular weight excluding hydrogens is 504 g/mol. The van der Waals surface area contributed by atoms with E-state index in [9.17, 15) is 14.7 Å². The number of para-hydroxylation sites is 1. The van der Waals surface area contributed by atoms with Gasteiger partial charge in [0.2, 0.25) is 0 Å². The minimum atomic E-state index is -0.980. The summed E-state index contributed by atoms with van der Waals surface area (Å²) in [6.45, 7) is 3.40. The number of nitrogens with zero attached hydrogens (tertiary/aromatic N) is 1. The lowest BCUT2D eigenvalue weighted by Gasteiger charge is -2.23. The quantitative estimate of drug-likeness (QED) is 0.221. The van der Waals surface area contributed by atoms with Crippen LogP contribution in [0.15, 0.2) is 78.9 Å². The highest BCUT2D eigenvalue weighted by molar-refractivity contribution is 6.33. The van der Waals surface area contributed by atoms with E-state index in [1.54, 1.807) is 36.1 Å². The van der Waals surface area contributed by atoms with Crippen molar-refractivity contribution < 1.29 is 24.2 Å². The molecule has 0 saturated carbocycles. The van der Waals surface area contributed by atoms with Crippen LogP contribution in [0.2, 0.25) is 5.02 Å². The van der Waals surface area contributed by atoms with Gasteiger partial charge in [0.25, 0.3) is 0 Å². The van der Waals surface area contributed by atoms with Crippen molar-refractivity contribution in [1.82, 2.24) is 4.90 Å². The Hall–Kier alpha value is -3.55. The summed E-state index contributed by atoms with van der Waals surface area (Å²) in [6, 6.07) is 24.5. The van der Waals surface area contributed by atoms with Gasteiger partial charge < -0.3 is 24.8 Å². The second kappa shape index (κ2) is 15.6. The number of ether oxygens (including phenoxy) is 2. The van der Waals surface area contributed by atoms with Crippen LogP contribution in [0.1, 0.15) is 30.9 Å². The SMILES string of the molecule is CCOC(Cc1ccc(OCCN(CCCCc2ccccc2)C(=O)Nc2ccccc2Cl)cc1)C(=O)O. The number of unbranched alkanes of at least 4 members (excludes halogenated alkanes) is 1. The fourth-order valence-corrected chi connectivity index (χ4v) is 4.16. The van der Waals surface area contributed by atoms with Crippen LogP contribution in [0, 0.1) is 0 Å². The summed E-state index contributed by atoms with van der Waals surface area (Å²) < 4.78 is 11.2. The van der Waals surface area contributed by atoms with E-state index in [1.165, 1.54) is 5.56 Å². The summed E-state index contributed by atoms with van der Waals surface area (Å²) in [5, 5.41) is 12.7. The van der Waals surface area contributed by atoms with E-state index in [2.05, 4.69) is 17.4 Å². The third-order valence-electron chi connectivity index (χ3n) is 6.01. The van der Waals surface area contributed by atoms with Gasteiger partial charge in [-0.15, -0.1) is 0 Å². The molecule has 0 fully saturated rings. The number of carbonyl (C=O) groups is 2. The molecule has 3 rings (SSSR count). The summed E-state index contributed by atoms with van der Waals surface area (Å²) in [5.41, 5.74) is 2.69. The molecule has 202 valence electrons. The van der Waals surface area contributed by atoms with Gasteiger partial charge in [-0.1, -0.05) is 66.2 Å². The minimum Gasteiger partial charge on any atom is -0.492 e. The number of halogens is 1. The second-order valence-corrected chi connectivity index (χ2v) is 9.23. The zero-order valence-corrected chi connectivity index (χ0v) is 22.4. The van der Waals surface area contributed by atoms with E-state index in [1.807, 2.05) is 42.5 Å². The van der Waals surface area contributed by atoms with Crippen molar-refractivity contribution >= 4 is 29.3 Å². The molecule has 2 amide bonds. The van der Waals surface area contributed by atoms with Crippen LogP contribution >= 0.6 is 11.6 Å². The summed E-state index contributed by atoms with van der Waals surface area (Å²) in [5.74, 6) is -0.335. The molecule has 0 saturated heterocycles. The molecule has 0 spiro atoms. The Kier molecular flexibility index (Phi) is 11.9. The Labute approximate surface area is 229 Å². The topological polar surface area (TPSA) is 88.1 Å². The number of aliphatic carboxylic acids is 1. The number of urea groups is 1. The molecule has 3 aromatic rings. The first-order chi connectivity index (χ1) is 18.5. The summed E-state index contributed by atoms with van der Waals surface area (Å²) in [7, 11) is 0. The van der Waals surface area contributed by atoms with Crippen LogP contribution in [0.25, 0.3) is 0 Å². The van der Waals surface area contributed by atoms with Crippen LogP contribution in [0.5, 0.6) is 5.75 Å². The van der Waals surface area contributed by atoms with Gasteiger partial charge in [0.15, 0.2) is 6.10 Å². The number of carbonyl (C=O) groups excluding carboxylic acids is 1. The van der Waals surface area contributed by atoms with E-state index < -0.39 is 12.1 Å². The number of amides is 2. The Bertz CT molecular complexity index is 1140. The van der Waals surface area contributed by atoms with Crippen molar-refractivity contribution in [3.05, 3.63) is 95.0 Å². The summed E-state index contributed by atoms with van der Waals surface area (Å²) in [6.07, 6.45) is 2.17. The molecular formula is C30H35ClN2O5. The fourth-order valence-electron chi connectivity index (χ4n) is 3.98. The van der Waals surface area contributed by atoms with Gasteiger partial charge in [0.1, 0.15) is 12.4 Å². The highest BCUT2D eigenvalue weighted by Crippen LogP contribution is 2.21. The van der Waals surface area contributed by atoms with Crippen LogP contribution < -0.4 is 10.1 Å². The van der Waals surface area contributed by atoms with Gasteiger partial charge in [-0.3, -0.25) is 0 Å². The minimum absolute atomic E-state index is 0.229. The van der Waals surface area contributed by atoms with Gasteiger partial charge in [-0.05, 0) is 61.6 Å². The van der Waals surface area contributed by atoms with Crippen molar-refractivity contribution in [2.45, 2.75) is 38.7 Å². The van der Waals surface area contributed by atoms with Crippen molar-refractivity contribution in [2.75, 3.05) is 31.6 Å². The van der Waals surface area contributed by atoms with Crippen LogP contribution in [0.3, 0.4) is 0 Å². The maximum Gasteiger partial charge on any atom is 0.333 e. The van der Waals surface area contributed by atoms with E-state index in [0.29, 0.717) is 42.8 Å². The number of carboxylic acids is 1. The number of rotatable bonds is 15. The predicted octanol–water partition coefficient (Wildman–Crippen LogP) is 6.31. The van der Waals surface area contributed by atoms with E-state index in [4.69, 9.17) is 21.1 Å². The Morgan fingerprint density at radius 3 is 2.32 bits per heavy atom. The Morgan fingerprint density at radius 2 is 1.63 bits per heavy atom. The first kappa shape index (κ1) is 29.0. The maximum absolute atomic E-state index is 13.1. The molecule has 0 aliphatic carbocycles. The molecule has 0 aliphatic heterocycles. The average Bonchev–Trinajstić information content (AvgIpc) is 2.92. The number of hydrogen-bond acceptors (Lipinski definition) is 4. The fraction of sp³-hybridized carbons (Fsp3) is 0.333. The third-order valence-corrected chi connectivity index (χ3v) is 6.34. The van der Waals surface area contributed by atoms with Gasteiger partial charge in [0, 0.05) is 19.6 Å². The molecule has 0 bridgehead atoms. The molecule has 3 aromatic carbocycles. The first-order valence-electron chi connectivity index (χ1n) is 12.9. The molecule has 0 aliphatic rings. The van der Waals surface area contributed by atoms with Crippen molar-refractivity contribution in [3.8, 4) is 5.75 Å². The van der Waals surface area contributed by atoms with Crippen LogP contribution in [-0.2, 0) is 22.4 Å². The van der Waals surface area contributed by atoms with Gasteiger partial charge in [-0.25, -0.2) is 9.59 Å². The zero-order valence-electron chi connectivity index (χ0n) is 21.6. The Morgan fingerprint density at radius 1 is 0.921 bits per heavy atom. The van der Waals surface area contributed by atoms with E-state index in [0.717, 1.165) is 24.8 Å². The van der Waals surface area contributed by atoms with Crippen LogP contribution in [-0.4, -0.2) is 54.4 Å². The molecule has 1 atom stereocenters. The van der Waals surface area contributed by atoms with E-state index in [-0.39, 0.29) is 12.5 Å². The molecule has 0 radical (unpaired) electrons. The number of aryl methyl sites for hydroxylation is 1. The number of carboxylic acid groups (broad SMARTS) is 1. The Balaban J connectivity index is 1.54. The van der Waals surface area contributed by atoms with Gasteiger partial charge in [0.05, 0.1) is 17.3 Å². The van der Waals surface area contributed by atoms with Crippen molar-refractivity contribution in [2.24, 2.45) is 0 Å². The normalized spacial score (nSPS) is 11.5. The monoisotopic (exact) mass is 538 g/mol. The molecule has 0 aromatic heterocycles. The summed E-state index contributed by atoms with van der Waals surface area (Å²) in [4.78, 5) is 26.1. The number of hydrogen-bond donors (Lipinski definition) is 2. The molecule has 2 N–H and O–H groups in total. The van der Waals surface area contributed by atoms with Crippen molar-refractivity contribution in [1.29, 1.82) is 0 Å². The highest BCUT2D eigenvalue weighted by atomic mass is 35.5. The molecule has 38 heavy (non-hydrogen) atoms. The zero-order chi connectivity index (χ0) is 27.2. The number of anilines is 1. The molecule has 7 nitrogen and oxygen atoms in total. The predicted molar refractivity (Wildman–Crippen MR) is 150 cm³/mol. The molecule has 1 unspecified atom stereocenters. The lowest BCUT2D eigenvalue weighted by molar-refractivity contribution is -0.149. The lowest BCUT2D eigenvalue weighted by Crippen LogP contribution is -2.38. The number of nitrogens with one attached hydrogen (secondary N) is 1. The number of benzene rings is 3. The molecule has 0 heterocycles. The summed E-state index contributed by atoms with van der Waals surface area (Å²) >= 11 is 6.23. The third kappa shape index (κ3) is 9.72. The first-order valence-corrected chi connectivity index (χ1v) is 13.2. The average molecular weight is 539 g/mol. The largest absolute Gasteiger partial charge is 0.492 e. The smallest absolute Gasteiger partial charge is 0.333 e. The highest BCUT2D eigenvalue weighted by Gasteiger charge is 2.18. The van der Waals surface area contributed by atoms with Gasteiger partial charge in [-0.2, -0.15) is 0 Å².